The molecule has 1 aliphatic heterocycles. The third-order valence-electron chi connectivity index (χ3n) is 3.04. The fourth-order valence-electron chi connectivity index (χ4n) is 2.06. The predicted molar refractivity (Wildman–Crippen MR) is 72.1 cm³/mol. The quantitative estimate of drug-likeness (QED) is 0.679. The average molecular weight is 306 g/mol. The smallest absolute Gasteiger partial charge is 0.376 e. The summed E-state index contributed by atoms with van der Waals surface area (Å²) in [7, 11) is 0. The number of thioether (sulfide) groups is 1. The summed E-state index contributed by atoms with van der Waals surface area (Å²) >= 11 is 1.73. The van der Waals surface area contributed by atoms with Gasteiger partial charge in [-0.15, -0.1) is 0 Å². The molecule has 1 aromatic rings. The highest BCUT2D eigenvalue weighted by atomic mass is 32.2. The Bertz CT molecular complexity index is 502. The Morgan fingerprint density at radius 3 is 2.70 bits per heavy atom. The van der Waals surface area contributed by atoms with Gasteiger partial charge in [0, 0.05) is 17.9 Å². The number of benzene rings is 1. The van der Waals surface area contributed by atoms with Crippen molar-refractivity contribution in [3.8, 4) is 0 Å². The predicted octanol–water partition coefficient (Wildman–Crippen LogP) is 3.92. The summed E-state index contributed by atoms with van der Waals surface area (Å²) in [6, 6.07) is 2.65. The van der Waals surface area contributed by atoms with Crippen molar-refractivity contribution in [3.63, 3.8) is 0 Å². The Kier molecular flexibility index (Phi) is 4.42. The lowest BCUT2D eigenvalue weighted by molar-refractivity contribution is -0.384. The summed E-state index contributed by atoms with van der Waals surface area (Å²) in [6.45, 7) is 0. The molecule has 0 spiro atoms. The normalized spacial score (nSPS) is 19.6. The van der Waals surface area contributed by atoms with Gasteiger partial charge in [0.05, 0.1) is 10.5 Å². The molecular formula is C12H13F3N2O2S. The molecule has 2 rings (SSSR count). The molecule has 0 bridgehead atoms. The first-order valence-electron chi connectivity index (χ1n) is 6.08. The van der Waals surface area contributed by atoms with E-state index in [2.05, 4.69) is 5.32 Å². The van der Waals surface area contributed by atoms with Gasteiger partial charge in [-0.2, -0.15) is 24.9 Å². The van der Waals surface area contributed by atoms with E-state index in [9.17, 15) is 23.3 Å². The highest BCUT2D eigenvalue weighted by molar-refractivity contribution is 7.99. The largest absolute Gasteiger partial charge is 0.416 e. The first-order valence-corrected chi connectivity index (χ1v) is 7.23. The van der Waals surface area contributed by atoms with E-state index < -0.39 is 22.4 Å². The van der Waals surface area contributed by atoms with Crippen LogP contribution in [0.4, 0.5) is 24.5 Å². The number of rotatable bonds is 3. The van der Waals surface area contributed by atoms with Crippen LogP contribution >= 0.6 is 11.8 Å². The minimum atomic E-state index is -4.58. The molecule has 0 saturated carbocycles. The third-order valence-corrected chi connectivity index (χ3v) is 4.26. The second-order valence-corrected chi connectivity index (χ2v) is 5.70. The van der Waals surface area contributed by atoms with Crippen LogP contribution in [0.2, 0.25) is 0 Å². The van der Waals surface area contributed by atoms with Gasteiger partial charge < -0.3 is 5.32 Å². The topological polar surface area (TPSA) is 55.2 Å². The second-order valence-electron chi connectivity index (χ2n) is 4.55. The highest BCUT2D eigenvalue weighted by Gasteiger charge is 2.33. The van der Waals surface area contributed by atoms with Crippen molar-refractivity contribution >= 4 is 23.1 Å². The molecule has 1 aliphatic rings. The van der Waals surface area contributed by atoms with E-state index >= 15 is 0 Å². The van der Waals surface area contributed by atoms with Crippen LogP contribution in [0.3, 0.4) is 0 Å². The molecule has 1 heterocycles. The standard InChI is InChI=1S/C12H13F3N2O2S/c13-12(14,15)8-3-4-10(11(6-8)17(18)19)16-9-2-1-5-20-7-9/h3-4,6,9,16H,1-2,5,7H2. The molecule has 1 fully saturated rings. The summed E-state index contributed by atoms with van der Waals surface area (Å²) in [6.07, 6.45) is -2.72. The van der Waals surface area contributed by atoms with Crippen molar-refractivity contribution in [1.29, 1.82) is 0 Å². The van der Waals surface area contributed by atoms with Crippen LogP contribution in [-0.4, -0.2) is 22.5 Å². The lowest BCUT2D eigenvalue weighted by atomic mass is 10.1. The summed E-state index contributed by atoms with van der Waals surface area (Å²) in [5.74, 6) is 1.85. The molecule has 1 N–H and O–H groups in total. The van der Waals surface area contributed by atoms with Crippen LogP contribution < -0.4 is 5.32 Å². The summed E-state index contributed by atoms with van der Waals surface area (Å²) < 4.78 is 37.7. The Labute approximate surface area is 117 Å². The Morgan fingerprint density at radius 2 is 2.15 bits per heavy atom. The van der Waals surface area contributed by atoms with Gasteiger partial charge in [0.25, 0.3) is 5.69 Å². The monoisotopic (exact) mass is 306 g/mol. The highest BCUT2D eigenvalue weighted by Crippen LogP contribution is 2.35. The van der Waals surface area contributed by atoms with Gasteiger partial charge in [-0.3, -0.25) is 10.1 Å². The number of nitro groups is 1. The van der Waals surface area contributed by atoms with Gasteiger partial charge in [0.1, 0.15) is 5.69 Å². The second kappa shape index (κ2) is 5.90. The van der Waals surface area contributed by atoms with Crippen molar-refractivity contribution in [3.05, 3.63) is 33.9 Å². The maximum absolute atomic E-state index is 12.6. The van der Waals surface area contributed by atoms with Crippen molar-refractivity contribution in [2.24, 2.45) is 0 Å². The van der Waals surface area contributed by atoms with Crippen molar-refractivity contribution < 1.29 is 18.1 Å². The van der Waals surface area contributed by atoms with Crippen molar-refractivity contribution in [1.82, 2.24) is 0 Å². The number of hydrogen-bond donors (Lipinski definition) is 1. The lowest BCUT2D eigenvalue weighted by Crippen LogP contribution is -2.26. The van der Waals surface area contributed by atoms with Crippen molar-refractivity contribution in [2.45, 2.75) is 25.1 Å². The summed E-state index contributed by atoms with van der Waals surface area (Å²) in [4.78, 5) is 10.2. The number of halogens is 3. The van der Waals surface area contributed by atoms with Crippen LogP contribution in [-0.2, 0) is 6.18 Å². The van der Waals surface area contributed by atoms with E-state index in [1.54, 1.807) is 11.8 Å². The molecule has 0 radical (unpaired) electrons. The van der Waals surface area contributed by atoms with Crippen LogP contribution in [0.25, 0.3) is 0 Å². The van der Waals surface area contributed by atoms with Gasteiger partial charge in [0.2, 0.25) is 0 Å². The molecule has 20 heavy (non-hydrogen) atoms. The van der Waals surface area contributed by atoms with Gasteiger partial charge in [-0.25, -0.2) is 0 Å². The molecule has 1 atom stereocenters. The summed E-state index contributed by atoms with van der Waals surface area (Å²) in [5.41, 5.74) is -1.39. The van der Waals surface area contributed by atoms with Crippen LogP contribution in [0, 0.1) is 10.1 Å². The van der Waals surface area contributed by atoms with Gasteiger partial charge >= 0.3 is 6.18 Å². The number of alkyl halides is 3. The fraction of sp³-hybridized carbons (Fsp3) is 0.500. The first-order chi connectivity index (χ1) is 9.38. The minimum absolute atomic E-state index is 0.0594. The van der Waals surface area contributed by atoms with Crippen LogP contribution in [0.5, 0.6) is 0 Å². The minimum Gasteiger partial charge on any atom is -0.376 e. The van der Waals surface area contributed by atoms with E-state index in [0.717, 1.165) is 36.5 Å². The Morgan fingerprint density at radius 1 is 1.40 bits per heavy atom. The number of nitrogens with one attached hydrogen (secondary N) is 1. The zero-order valence-electron chi connectivity index (χ0n) is 10.4. The number of nitro benzene ring substituents is 1. The SMILES string of the molecule is O=[N+]([O-])c1cc(C(F)(F)F)ccc1NC1CCCSC1. The molecule has 0 aliphatic carbocycles. The first kappa shape index (κ1) is 15.0. The number of anilines is 1. The zero-order valence-corrected chi connectivity index (χ0v) is 11.3. The maximum atomic E-state index is 12.6. The lowest BCUT2D eigenvalue weighted by Gasteiger charge is -2.23. The molecule has 1 aromatic carbocycles. The number of nitrogens with zero attached hydrogens (tertiary/aromatic N) is 1. The van der Waals surface area contributed by atoms with E-state index in [1.165, 1.54) is 0 Å². The van der Waals surface area contributed by atoms with Crippen LogP contribution in [0.1, 0.15) is 18.4 Å². The van der Waals surface area contributed by atoms with E-state index in [-0.39, 0.29) is 11.7 Å². The zero-order chi connectivity index (χ0) is 14.8. The van der Waals surface area contributed by atoms with Gasteiger partial charge in [-0.1, -0.05) is 0 Å². The third kappa shape index (κ3) is 3.56. The molecule has 0 aromatic heterocycles. The van der Waals surface area contributed by atoms with E-state index in [4.69, 9.17) is 0 Å². The van der Waals surface area contributed by atoms with Gasteiger partial charge in [-0.05, 0) is 30.7 Å². The van der Waals surface area contributed by atoms with E-state index in [1.807, 2.05) is 0 Å². The molecule has 8 heteroatoms. The maximum Gasteiger partial charge on any atom is 0.416 e. The Balaban J connectivity index is 2.25. The van der Waals surface area contributed by atoms with Crippen LogP contribution in [0.15, 0.2) is 18.2 Å². The van der Waals surface area contributed by atoms with E-state index in [0.29, 0.717) is 6.07 Å². The molecule has 110 valence electrons. The van der Waals surface area contributed by atoms with Gasteiger partial charge in [0.15, 0.2) is 0 Å². The van der Waals surface area contributed by atoms with Crippen molar-refractivity contribution in [2.75, 3.05) is 16.8 Å². The molecule has 0 amide bonds. The summed E-state index contributed by atoms with van der Waals surface area (Å²) in [5, 5.41) is 13.9. The molecule has 4 nitrogen and oxygen atoms in total. The molecule has 1 unspecified atom stereocenters. The molecule has 1 saturated heterocycles. The molecular weight excluding hydrogens is 293 g/mol. The fourth-order valence-corrected chi connectivity index (χ4v) is 3.13. The number of hydrogen-bond acceptors (Lipinski definition) is 4. The Hall–Kier alpha value is -1.44. The average Bonchev–Trinajstić information content (AvgIpc) is 2.38.